The summed E-state index contributed by atoms with van der Waals surface area (Å²) < 4.78 is 7.97. The molecule has 0 aliphatic carbocycles. The van der Waals surface area contributed by atoms with Crippen molar-refractivity contribution in [3.8, 4) is 22.8 Å². The van der Waals surface area contributed by atoms with Crippen LogP contribution < -0.4 is 20.7 Å². The van der Waals surface area contributed by atoms with Crippen LogP contribution in [0.4, 0.5) is 16.3 Å². The van der Waals surface area contributed by atoms with Gasteiger partial charge in [-0.1, -0.05) is 18.2 Å². The summed E-state index contributed by atoms with van der Waals surface area (Å²) in [5.74, 6) is 0.518. The Kier molecular flexibility index (Phi) is 11.6. The van der Waals surface area contributed by atoms with Crippen molar-refractivity contribution in [3.05, 3.63) is 90.3 Å². The number of aromatic nitrogens is 4. The van der Waals surface area contributed by atoms with Gasteiger partial charge in [0.15, 0.2) is 5.65 Å². The van der Waals surface area contributed by atoms with Gasteiger partial charge >= 0.3 is 6.03 Å². The fraction of sp³-hybridized carbons (Fsp3) is 0.417. The van der Waals surface area contributed by atoms with E-state index in [1.807, 2.05) is 75.1 Å². The van der Waals surface area contributed by atoms with Gasteiger partial charge in [0.05, 0.1) is 22.6 Å². The molecule has 0 saturated carbocycles. The molecule has 3 N–H and O–H groups in total. The highest BCUT2D eigenvalue weighted by atomic mass is 16.5. The fourth-order valence-electron chi connectivity index (χ4n) is 10.2. The summed E-state index contributed by atoms with van der Waals surface area (Å²) in [5.41, 5.74) is 10.3. The Morgan fingerprint density at radius 2 is 1.46 bits per heavy atom. The predicted octanol–water partition coefficient (Wildman–Crippen LogP) is 5.34. The molecular weight excluding hydrogens is 827 g/mol. The van der Waals surface area contributed by atoms with E-state index >= 15 is 0 Å². The number of rotatable bonds is 10. The zero-order valence-corrected chi connectivity index (χ0v) is 36.3. The van der Waals surface area contributed by atoms with E-state index in [1.165, 1.54) is 6.33 Å². The third kappa shape index (κ3) is 8.47. The van der Waals surface area contributed by atoms with E-state index in [0.29, 0.717) is 41.6 Å². The van der Waals surface area contributed by atoms with Crippen molar-refractivity contribution in [2.24, 2.45) is 5.92 Å². The first-order valence-corrected chi connectivity index (χ1v) is 22.9. The van der Waals surface area contributed by atoms with E-state index in [0.717, 1.165) is 123 Å². The van der Waals surface area contributed by atoms with Crippen LogP contribution in [0.2, 0.25) is 0 Å². The number of piperazine rings is 1. The number of hydrogen-bond acceptors (Lipinski definition) is 12. The average molecular weight is 880 g/mol. The Hall–Kier alpha value is -6.88. The molecule has 336 valence electrons. The molecule has 7 heterocycles. The number of fused-ring (bicyclic) bond motifs is 2. The Bertz CT molecular complexity index is 2610. The number of amides is 6. The zero-order valence-electron chi connectivity index (χ0n) is 36.3. The van der Waals surface area contributed by atoms with Gasteiger partial charge in [-0.25, -0.2) is 19.4 Å². The number of imide groups is 2. The monoisotopic (exact) mass is 879 g/mol. The minimum Gasteiger partial charge on any atom is -0.457 e. The minimum atomic E-state index is -0.970. The molecule has 17 nitrogen and oxygen atoms in total. The van der Waals surface area contributed by atoms with Gasteiger partial charge in [0.25, 0.3) is 11.8 Å². The molecule has 6 amide bonds. The van der Waals surface area contributed by atoms with Crippen LogP contribution in [0.1, 0.15) is 78.1 Å². The Balaban J connectivity index is 0.663. The number of urea groups is 1. The number of nitrogens with two attached hydrogens (primary N) is 1. The quantitative estimate of drug-likeness (QED) is 0.172. The number of benzene rings is 3. The number of para-hydroxylation sites is 1. The number of anilines is 2. The topological polar surface area (TPSA) is 192 Å². The highest BCUT2D eigenvalue weighted by molar-refractivity contribution is 6.23. The smallest absolute Gasteiger partial charge is 0.320 e. The summed E-state index contributed by atoms with van der Waals surface area (Å²) in [6, 6.07) is 22.0. The second kappa shape index (κ2) is 17.9. The fourth-order valence-corrected chi connectivity index (χ4v) is 10.2. The first kappa shape index (κ1) is 42.1. The van der Waals surface area contributed by atoms with Crippen LogP contribution in [0.25, 0.3) is 22.3 Å². The average Bonchev–Trinajstić information content (AvgIpc) is 3.84. The summed E-state index contributed by atoms with van der Waals surface area (Å²) in [4.78, 5) is 83.0. The summed E-state index contributed by atoms with van der Waals surface area (Å²) in [6.07, 6.45) is 7.56. The van der Waals surface area contributed by atoms with Crippen LogP contribution >= 0.6 is 0 Å². The maximum atomic E-state index is 13.7. The van der Waals surface area contributed by atoms with Crippen molar-refractivity contribution < 1.29 is 28.7 Å². The van der Waals surface area contributed by atoms with Crippen LogP contribution in [-0.2, 0) is 9.59 Å². The van der Waals surface area contributed by atoms with Gasteiger partial charge in [-0.2, -0.15) is 5.10 Å². The third-order valence-corrected chi connectivity index (χ3v) is 13.8. The van der Waals surface area contributed by atoms with Gasteiger partial charge in [0, 0.05) is 70.0 Å². The van der Waals surface area contributed by atoms with E-state index in [9.17, 15) is 24.0 Å². The predicted molar refractivity (Wildman–Crippen MR) is 242 cm³/mol. The van der Waals surface area contributed by atoms with Gasteiger partial charge < -0.3 is 25.2 Å². The summed E-state index contributed by atoms with van der Waals surface area (Å²) in [5, 5.41) is 8.04. The molecule has 65 heavy (non-hydrogen) atoms. The lowest BCUT2D eigenvalue weighted by Crippen LogP contribution is -2.54. The Labute approximate surface area is 376 Å². The number of carbonyl (C=O) groups is 5. The first-order chi connectivity index (χ1) is 31.7. The Morgan fingerprint density at radius 3 is 2.20 bits per heavy atom. The molecule has 5 aliphatic rings. The number of piperidine rings is 3. The van der Waals surface area contributed by atoms with Crippen LogP contribution in [-0.4, -0.2) is 134 Å². The molecule has 10 rings (SSSR count). The zero-order chi connectivity index (χ0) is 44.6. The summed E-state index contributed by atoms with van der Waals surface area (Å²) in [6.45, 7) is 7.18. The number of likely N-dealkylation sites (tertiary alicyclic amines) is 1. The van der Waals surface area contributed by atoms with Gasteiger partial charge in [-0.05, 0) is 112 Å². The second-order valence-electron chi connectivity index (χ2n) is 17.8. The minimum absolute atomic E-state index is 0.0611. The largest absolute Gasteiger partial charge is 0.457 e. The number of nitrogens with one attached hydrogen (secondary N) is 1. The van der Waals surface area contributed by atoms with Crippen molar-refractivity contribution in [3.63, 3.8) is 0 Å². The van der Waals surface area contributed by atoms with Crippen molar-refractivity contribution in [1.29, 1.82) is 0 Å². The van der Waals surface area contributed by atoms with Gasteiger partial charge in [-0.15, -0.1) is 0 Å². The maximum absolute atomic E-state index is 13.7. The summed E-state index contributed by atoms with van der Waals surface area (Å²) >= 11 is 0. The number of nitrogens with zero attached hydrogens (tertiary/aromatic N) is 9. The maximum Gasteiger partial charge on any atom is 0.320 e. The molecule has 17 heteroatoms. The van der Waals surface area contributed by atoms with Crippen molar-refractivity contribution in [2.75, 3.05) is 69.5 Å². The molecule has 2 aromatic heterocycles. The van der Waals surface area contributed by atoms with Crippen molar-refractivity contribution in [1.82, 2.24) is 44.7 Å². The molecule has 5 aliphatic heterocycles. The van der Waals surface area contributed by atoms with Crippen LogP contribution in [0.15, 0.2) is 79.1 Å². The SMILES string of the molecule is Nc1ncnc2c1c(-c1ccc(Oc3ccccc3)cc1)nn2C1CCN(C(=O)N2CCN(CCCC3CCN(c4ccc5c(c4)C(=O)N(C4CCC(=O)NC4=O)C5=O)CC3)CC2)CC1. The van der Waals surface area contributed by atoms with Gasteiger partial charge in [-0.3, -0.25) is 34.3 Å². The van der Waals surface area contributed by atoms with Crippen molar-refractivity contribution in [2.45, 2.75) is 63.5 Å². The molecule has 0 spiro atoms. The molecule has 5 aromatic rings. The first-order valence-electron chi connectivity index (χ1n) is 22.9. The Morgan fingerprint density at radius 1 is 0.754 bits per heavy atom. The normalized spacial score (nSPS) is 20.2. The second-order valence-corrected chi connectivity index (χ2v) is 17.8. The van der Waals surface area contributed by atoms with Gasteiger partial charge in [0.2, 0.25) is 11.8 Å². The highest BCUT2D eigenvalue weighted by Gasteiger charge is 2.45. The lowest BCUT2D eigenvalue weighted by molar-refractivity contribution is -0.136. The van der Waals surface area contributed by atoms with E-state index < -0.39 is 23.8 Å². The number of ether oxygens (including phenoxy) is 1. The molecule has 4 saturated heterocycles. The van der Waals surface area contributed by atoms with E-state index in [2.05, 4.69) is 25.1 Å². The van der Waals surface area contributed by atoms with Crippen LogP contribution in [0.5, 0.6) is 11.5 Å². The molecule has 0 radical (unpaired) electrons. The third-order valence-electron chi connectivity index (χ3n) is 13.8. The van der Waals surface area contributed by atoms with E-state index in [1.54, 1.807) is 12.1 Å². The standard InChI is InChI=1S/C48H53N11O6/c49-43-41-42(32-8-11-36(12-9-32)65-35-6-2-1-3-7-35)53-59(44(41)51-30-50-43)33-18-23-56(24-19-33)48(64)57-27-25-54(26-28-57)20-4-5-31-16-21-55(22-17-31)34-10-13-37-38(29-34)47(63)58(46(37)62)39-14-15-40(60)52-45(39)61/h1-3,6-13,29-31,33,39H,4-5,14-28H2,(H2,49,50,51)(H,52,60,61). The molecule has 4 fully saturated rings. The van der Waals surface area contributed by atoms with E-state index in [4.69, 9.17) is 15.6 Å². The molecule has 1 unspecified atom stereocenters. The molecule has 0 bridgehead atoms. The lowest BCUT2D eigenvalue weighted by atomic mass is 9.91. The van der Waals surface area contributed by atoms with Crippen LogP contribution in [0.3, 0.4) is 0 Å². The lowest BCUT2D eigenvalue weighted by Gasteiger charge is -2.40. The number of nitrogen functional groups attached to an aromatic ring is 1. The van der Waals surface area contributed by atoms with Crippen molar-refractivity contribution >= 4 is 52.2 Å². The summed E-state index contributed by atoms with van der Waals surface area (Å²) in [7, 11) is 0. The highest BCUT2D eigenvalue weighted by Crippen LogP contribution is 2.36. The molecule has 1 atom stereocenters. The van der Waals surface area contributed by atoms with Crippen LogP contribution in [0, 0.1) is 5.92 Å². The number of carbonyl (C=O) groups excluding carboxylic acids is 5. The molecule has 3 aromatic carbocycles. The van der Waals surface area contributed by atoms with E-state index in [-0.39, 0.29) is 30.8 Å². The molecular formula is C48H53N11O6. The van der Waals surface area contributed by atoms with Gasteiger partial charge in [0.1, 0.15) is 35.4 Å². The number of hydrogen-bond donors (Lipinski definition) is 2.